The van der Waals surface area contributed by atoms with Crippen LogP contribution in [0.5, 0.6) is 11.5 Å². The third kappa shape index (κ3) is 12.5. The first kappa shape index (κ1) is 42.2. The summed E-state index contributed by atoms with van der Waals surface area (Å²) in [6, 6.07) is 3.90. The zero-order valence-electron chi connectivity index (χ0n) is 30.9. The second-order valence-electron chi connectivity index (χ2n) is 13.5. The minimum Gasteiger partial charge on any atom is -0.507 e. The van der Waals surface area contributed by atoms with Gasteiger partial charge in [-0.05, 0) is 74.5 Å². The molecule has 0 saturated heterocycles. The van der Waals surface area contributed by atoms with Gasteiger partial charge >= 0.3 is 0 Å². The van der Waals surface area contributed by atoms with Gasteiger partial charge in [-0.15, -0.1) is 0 Å². The number of fused-ring (bicyclic) bond motifs is 5. The number of nitrogens with two attached hydrogens (primary N) is 2. The molecule has 2 aromatic rings. The number of benzene rings is 2. The predicted octanol–water partition coefficient (Wildman–Crippen LogP) is 1.78. The van der Waals surface area contributed by atoms with E-state index in [4.69, 9.17) is 11.5 Å². The molecule has 4 atom stereocenters. The number of carbonyl (C=O) groups excluding carboxylic acids is 6. The van der Waals surface area contributed by atoms with Gasteiger partial charge in [0.1, 0.15) is 35.7 Å². The van der Waals surface area contributed by atoms with E-state index in [1.54, 1.807) is 6.07 Å². The summed E-state index contributed by atoms with van der Waals surface area (Å²) in [5.41, 5.74) is 12.4. The van der Waals surface area contributed by atoms with E-state index < -0.39 is 53.7 Å². The molecule has 3 rings (SSSR count). The summed E-state index contributed by atoms with van der Waals surface area (Å²) in [4.78, 5) is 80.2. The van der Waals surface area contributed by atoms with Crippen molar-refractivity contribution >= 4 is 35.4 Å². The maximum Gasteiger partial charge on any atom is 0.248 e. The van der Waals surface area contributed by atoms with Crippen LogP contribution in [0.3, 0.4) is 0 Å². The molecule has 10 N–H and O–H groups in total. The topological polar surface area (TPSA) is 246 Å². The summed E-state index contributed by atoms with van der Waals surface area (Å²) in [5, 5.41) is 32.4. The smallest absolute Gasteiger partial charge is 0.248 e. The first-order chi connectivity index (χ1) is 25.3. The van der Waals surface area contributed by atoms with Crippen LogP contribution in [0.1, 0.15) is 95.2 Å². The van der Waals surface area contributed by atoms with E-state index in [0.717, 1.165) is 37.0 Å². The summed E-state index contributed by atoms with van der Waals surface area (Å²) in [6.07, 6.45) is 6.57. The van der Waals surface area contributed by atoms with E-state index >= 15 is 0 Å². The number of phenols is 2. The lowest BCUT2D eigenvalue weighted by Gasteiger charge is -2.32. The van der Waals surface area contributed by atoms with Gasteiger partial charge in [0, 0.05) is 44.0 Å². The van der Waals surface area contributed by atoms with Crippen LogP contribution in [0.4, 0.5) is 0 Å². The second kappa shape index (κ2) is 20.8. The molecule has 2 aromatic carbocycles. The van der Waals surface area contributed by atoms with E-state index in [2.05, 4.69) is 28.2 Å². The highest BCUT2D eigenvalue weighted by Gasteiger charge is 2.35. The molecule has 0 spiro atoms. The molecule has 6 amide bonds. The number of primary amides is 1. The van der Waals surface area contributed by atoms with Crippen molar-refractivity contribution in [2.45, 2.75) is 109 Å². The van der Waals surface area contributed by atoms with Crippen molar-refractivity contribution in [3.05, 3.63) is 47.5 Å². The van der Waals surface area contributed by atoms with Crippen molar-refractivity contribution in [2.75, 3.05) is 20.1 Å². The Labute approximate surface area is 310 Å². The average molecular weight is 738 g/mol. The molecule has 15 heteroatoms. The fourth-order valence-corrected chi connectivity index (χ4v) is 6.21. The van der Waals surface area contributed by atoms with Crippen molar-refractivity contribution in [2.24, 2.45) is 11.5 Å². The maximum atomic E-state index is 14.2. The lowest BCUT2D eigenvalue weighted by molar-refractivity contribution is -0.143. The number of amides is 6. The number of unbranched alkanes of at least 4 members (excludes halogenated alkanes) is 5. The van der Waals surface area contributed by atoms with Gasteiger partial charge < -0.3 is 47.8 Å². The summed E-state index contributed by atoms with van der Waals surface area (Å²) >= 11 is 0. The third-order valence-corrected chi connectivity index (χ3v) is 9.28. The molecule has 0 saturated carbocycles. The average Bonchev–Trinajstić information content (AvgIpc) is 3.11. The Morgan fingerprint density at radius 2 is 1.57 bits per heavy atom. The summed E-state index contributed by atoms with van der Waals surface area (Å²) in [7, 11) is 1.39. The Balaban J connectivity index is 1.92. The Morgan fingerprint density at radius 3 is 2.25 bits per heavy atom. The molecule has 0 aromatic heterocycles. The number of carbonyl (C=O) groups is 6. The third-order valence-electron chi connectivity index (χ3n) is 9.28. The second-order valence-corrected chi connectivity index (χ2v) is 13.5. The van der Waals surface area contributed by atoms with Crippen LogP contribution < -0.4 is 32.7 Å². The van der Waals surface area contributed by atoms with Crippen LogP contribution in [-0.2, 0) is 35.2 Å². The monoisotopic (exact) mass is 737 g/mol. The number of hydrogen-bond donors (Lipinski definition) is 8. The van der Waals surface area contributed by atoms with Gasteiger partial charge in [-0.3, -0.25) is 28.8 Å². The summed E-state index contributed by atoms with van der Waals surface area (Å²) in [5.74, 6) is -3.97. The van der Waals surface area contributed by atoms with Crippen molar-refractivity contribution in [1.82, 2.24) is 26.2 Å². The predicted molar refractivity (Wildman–Crippen MR) is 199 cm³/mol. The minimum absolute atomic E-state index is 0.0297. The molecule has 0 aliphatic carbocycles. The van der Waals surface area contributed by atoms with E-state index in [0.29, 0.717) is 31.4 Å². The molecule has 290 valence electrons. The van der Waals surface area contributed by atoms with Gasteiger partial charge in [-0.1, -0.05) is 44.7 Å². The van der Waals surface area contributed by atoms with E-state index in [-0.39, 0.29) is 59.9 Å². The number of nitrogens with zero attached hydrogens (tertiary/aromatic N) is 1. The molecular formula is C38H55N7O8. The van der Waals surface area contributed by atoms with Crippen LogP contribution in [0, 0.1) is 0 Å². The highest BCUT2D eigenvalue weighted by molar-refractivity contribution is 5.96. The SMILES string of the molecule is CCCCCCCC(=O)NCCC(=O)N[C@@H](CCCCN)C(=O)N(C)[C@@H]1C(=O)N[C@@H](C)C(=O)N[C@H](C(N)=O)Cc2ccc(O)c(c2)-c2cc1ccc2O. The first-order valence-electron chi connectivity index (χ1n) is 18.3. The fraction of sp³-hybridized carbons (Fsp3) is 0.526. The number of rotatable bonds is 17. The molecular weight excluding hydrogens is 682 g/mol. The number of phenolic OH excluding ortho intramolecular Hbond substituents is 2. The summed E-state index contributed by atoms with van der Waals surface area (Å²) in [6.45, 7) is 3.98. The molecule has 1 aliphatic heterocycles. The first-order valence-corrected chi connectivity index (χ1v) is 18.3. The minimum atomic E-state index is -1.39. The van der Waals surface area contributed by atoms with Crippen LogP contribution in [0.15, 0.2) is 36.4 Å². The standard InChI is InChI=1S/C38H55N7O8/c1-4-5-6-7-8-12-32(48)41-19-17-33(49)43-28(11-9-10-18-39)38(53)45(3)34-25-14-16-31(47)27(22-25)26-20-24(13-15-30(26)46)21-29(35(40)50)44-36(51)23(2)42-37(34)52/h13-16,20,22-23,28-29,34,46-47H,4-12,17-19,21,39H2,1-3H3,(H2,40,50)(H,41,48)(H,42,52)(H,43,49)(H,44,51)/t23-,28-,29-,34-/m0/s1. The molecule has 4 bridgehead atoms. The molecule has 0 radical (unpaired) electrons. The van der Waals surface area contributed by atoms with E-state index in [1.165, 1.54) is 44.3 Å². The Hall–Kier alpha value is -5.18. The highest BCUT2D eigenvalue weighted by atomic mass is 16.3. The van der Waals surface area contributed by atoms with Gasteiger partial charge in [-0.2, -0.15) is 0 Å². The van der Waals surface area contributed by atoms with Gasteiger partial charge in [-0.25, -0.2) is 0 Å². The maximum absolute atomic E-state index is 14.2. The number of likely N-dealkylation sites (N-methyl/N-ethyl adjacent to an activating group) is 1. The normalized spacial score (nSPS) is 17.8. The van der Waals surface area contributed by atoms with Gasteiger partial charge in [0.05, 0.1) is 0 Å². The Bertz CT molecular complexity index is 1620. The van der Waals surface area contributed by atoms with Crippen LogP contribution >= 0.6 is 0 Å². The zero-order chi connectivity index (χ0) is 39.1. The molecule has 0 unspecified atom stereocenters. The Kier molecular flexibility index (Phi) is 16.5. The zero-order valence-corrected chi connectivity index (χ0v) is 30.9. The molecule has 0 fully saturated rings. The molecule has 53 heavy (non-hydrogen) atoms. The lowest BCUT2D eigenvalue weighted by atomic mass is 9.93. The van der Waals surface area contributed by atoms with Crippen molar-refractivity contribution in [3.8, 4) is 22.6 Å². The molecule has 1 heterocycles. The van der Waals surface area contributed by atoms with Crippen LogP contribution in [0.25, 0.3) is 11.1 Å². The van der Waals surface area contributed by atoms with Crippen molar-refractivity contribution < 1.29 is 39.0 Å². The fourth-order valence-electron chi connectivity index (χ4n) is 6.21. The van der Waals surface area contributed by atoms with E-state index in [1.807, 2.05) is 0 Å². The molecule has 15 nitrogen and oxygen atoms in total. The quantitative estimate of drug-likeness (QED) is 0.110. The highest BCUT2D eigenvalue weighted by Crippen LogP contribution is 2.38. The lowest BCUT2D eigenvalue weighted by Crippen LogP contribution is -2.55. The van der Waals surface area contributed by atoms with E-state index in [9.17, 15) is 39.0 Å². The summed E-state index contributed by atoms with van der Waals surface area (Å²) < 4.78 is 0. The van der Waals surface area contributed by atoms with Crippen molar-refractivity contribution in [3.63, 3.8) is 0 Å². The largest absolute Gasteiger partial charge is 0.507 e. The van der Waals surface area contributed by atoms with Crippen molar-refractivity contribution in [1.29, 1.82) is 0 Å². The van der Waals surface area contributed by atoms with Gasteiger partial charge in [0.15, 0.2) is 0 Å². The van der Waals surface area contributed by atoms with Crippen LogP contribution in [-0.4, -0.2) is 88.8 Å². The van der Waals surface area contributed by atoms with Crippen LogP contribution in [0.2, 0.25) is 0 Å². The van der Waals surface area contributed by atoms with Gasteiger partial charge in [0.2, 0.25) is 35.4 Å². The number of hydrogen-bond acceptors (Lipinski definition) is 9. The molecule has 1 aliphatic rings. The Morgan fingerprint density at radius 1 is 0.887 bits per heavy atom. The number of nitrogens with one attached hydrogen (secondary N) is 4. The number of aromatic hydroxyl groups is 2. The van der Waals surface area contributed by atoms with Gasteiger partial charge in [0.25, 0.3) is 0 Å².